The minimum absolute atomic E-state index is 0.0203. The first kappa shape index (κ1) is 15.5. The second kappa shape index (κ2) is 6.71. The molecule has 2 rings (SSSR count). The van der Waals surface area contributed by atoms with Crippen molar-refractivity contribution in [2.45, 2.75) is 12.8 Å². The van der Waals surface area contributed by atoms with Crippen LogP contribution in [0.15, 0.2) is 16.8 Å². The molecule has 1 aromatic rings. The van der Waals surface area contributed by atoms with Gasteiger partial charge in [-0.25, -0.2) is 0 Å². The summed E-state index contributed by atoms with van der Waals surface area (Å²) in [6.07, 6.45) is 0.951. The molecule has 0 aliphatic carbocycles. The molecule has 7 heteroatoms. The van der Waals surface area contributed by atoms with Gasteiger partial charge in [0.2, 0.25) is 5.91 Å². The van der Waals surface area contributed by atoms with Crippen LogP contribution in [0.2, 0.25) is 0 Å². The van der Waals surface area contributed by atoms with Crippen LogP contribution in [0.25, 0.3) is 0 Å². The lowest BCUT2D eigenvalue weighted by molar-refractivity contribution is -0.145. The zero-order valence-corrected chi connectivity index (χ0v) is 12.6. The molecule has 0 aromatic carbocycles. The largest absolute Gasteiger partial charge is 0.481 e. The van der Waals surface area contributed by atoms with Crippen LogP contribution in [0.3, 0.4) is 0 Å². The van der Waals surface area contributed by atoms with Gasteiger partial charge in [-0.1, -0.05) is 0 Å². The summed E-state index contributed by atoms with van der Waals surface area (Å²) >= 11 is 1.44. The van der Waals surface area contributed by atoms with Crippen molar-refractivity contribution in [1.29, 1.82) is 0 Å². The molecular formula is C14H18N2O4S. The van der Waals surface area contributed by atoms with Crippen LogP contribution in [-0.4, -0.2) is 59.4 Å². The molecule has 114 valence electrons. The van der Waals surface area contributed by atoms with Crippen molar-refractivity contribution in [2.24, 2.45) is 5.92 Å². The Labute approximate surface area is 127 Å². The molecule has 1 N–H and O–H groups in total. The fourth-order valence-electron chi connectivity index (χ4n) is 2.36. The SMILES string of the molecule is CN(CC(=O)N1CCC(C(=O)O)CC1)C(=O)c1ccsc1. The molecule has 0 atom stereocenters. The Kier molecular flexibility index (Phi) is 4.95. The van der Waals surface area contributed by atoms with E-state index in [4.69, 9.17) is 5.11 Å². The van der Waals surface area contributed by atoms with Crippen LogP contribution >= 0.6 is 11.3 Å². The number of nitrogens with zero attached hydrogens (tertiary/aromatic N) is 2. The van der Waals surface area contributed by atoms with Crippen LogP contribution in [0.4, 0.5) is 0 Å². The molecule has 0 unspecified atom stereocenters. The molecule has 0 bridgehead atoms. The molecule has 0 spiro atoms. The first-order valence-electron chi connectivity index (χ1n) is 6.77. The molecule has 0 saturated carbocycles. The molecule has 21 heavy (non-hydrogen) atoms. The van der Waals surface area contributed by atoms with Crippen molar-refractivity contribution in [3.8, 4) is 0 Å². The van der Waals surface area contributed by atoms with Crippen LogP contribution in [-0.2, 0) is 9.59 Å². The summed E-state index contributed by atoms with van der Waals surface area (Å²) in [5, 5.41) is 12.5. The van der Waals surface area contributed by atoms with E-state index in [1.807, 2.05) is 5.38 Å². The second-order valence-corrected chi connectivity index (χ2v) is 5.95. The van der Waals surface area contributed by atoms with E-state index < -0.39 is 5.97 Å². The summed E-state index contributed by atoms with van der Waals surface area (Å²) in [5.74, 6) is -1.47. The minimum Gasteiger partial charge on any atom is -0.481 e. The molecule has 1 saturated heterocycles. The lowest BCUT2D eigenvalue weighted by atomic mass is 9.97. The first-order valence-corrected chi connectivity index (χ1v) is 7.71. The van der Waals surface area contributed by atoms with Gasteiger partial charge in [0.05, 0.1) is 18.0 Å². The Hall–Kier alpha value is -1.89. The fourth-order valence-corrected chi connectivity index (χ4v) is 2.99. The van der Waals surface area contributed by atoms with E-state index in [1.54, 1.807) is 23.4 Å². The Morgan fingerprint density at radius 3 is 2.57 bits per heavy atom. The maximum Gasteiger partial charge on any atom is 0.306 e. The van der Waals surface area contributed by atoms with Crippen molar-refractivity contribution in [1.82, 2.24) is 9.80 Å². The molecule has 1 fully saturated rings. The average Bonchev–Trinajstić information content (AvgIpc) is 3.00. The first-order chi connectivity index (χ1) is 9.99. The van der Waals surface area contributed by atoms with Gasteiger partial charge < -0.3 is 14.9 Å². The molecule has 2 amide bonds. The fraction of sp³-hybridized carbons (Fsp3) is 0.500. The molecule has 1 aliphatic rings. The van der Waals surface area contributed by atoms with Crippen molar-refractivity contribution < 1.29 is 19.5 Å². The summed E-state index contributed by atoms with van der Waals surface area (Å²) in [6.45, 7) is 0.902. The van der Waals surface area contributed by atoms with E-state index in [9.17, 15) is 14.4 Å². The van der Waals surface area contributed by atoms with E-state index in [2.05, 4.69) is 0 Å². The van der Waals surface area contributed by atoms with E-state index in [1.165, 1.54) is 16.2 Å². The molecule has 0 radical (unpaired) electrons. The topological polar surface area (TPSA) is 77.9 Å². The van der Waals surface area contributed by atoms with Gasteiger partial charge in [-0.3, -0.25) is 14.4 Å². The smallest absolute Gasteiger partial charge is 0.306 e. The summed E-state index contributed by atoms with van der Waals surface area (Å²) in [6, 6.07) is 1.73. The molecule has 1 aliphatic heterocycles. The number of aliphatic carboxylic acids is 1. The number of amides is 2. The maximum absolute atomic E-state index is 12.1. The Bertz CT molecular complexity index is 521. The Morgan fingerprint density at radius 2 is 2.05 bits per heavy atom. The normalized spacial score (nSPS) is 15.8. The number of likely N-dealkylation sites (tertiary alicyclic amines) is 1. The van der Waals surface area contributed by atoms with Crippen molar-refractivity contribution in [3.05, 3.63) is 22.4 Å². The van der Waals surface area contributed by atoms with E-state index >= 15 is 0 Å². The quantitative estimate of drug-likeness (QED) is 0.904. The third-order valence-corrected chi connectivity index (χ3v) is 4.37. The van der Waals surface area contributed by atoms with Crippen molar-refractivity contribution in [2.75, 3.05) is 26.7 Å². The number of hydrogen-bond acceptors (Lipinski definition) is 4. The predicted molar refractivity (Wildman–Crippen MR) is 78.2 cm³/mol. The van der Waals surface area contributed by atoms with Gasteiger partial charge >= 0.3 is 5.97 Å². The van der Waals surface area contributed by atoms with Gasteiger partial charge in [-0.2, -0.15) is 11.3 Å². The number of carbonyl (C=O) groups excluding carboxylic acids is 2. The van der Waals surface area contributed by atoms with Crippen molar-refractivity contribution >= 4 is 29.1 Å². The van der Waals surface area contributed by atoms with Gasteiger partial charge in [-0.15, -0.1) is 0 Å². The number of thiophene rings is 1. The summed E-state index contributed by atoms with van der Waals surface area (Å²) in [7, 11) is 1.60. The lowest BCUT2D eigenvalue weighted by Crippen LogP contribution is -2.45. The molecule has 1 aromatic heterocycles. The van der Waals surface area contributed by atoms with E-state index in [0.717, 1.165) is 0 Å². The summed E-state index contributed by atoms with van der Waals surface area (Å²) in [5.41, 5.74) is 0.583. The molecule has 2 heterocycles. The predicted octanol–water partition coefficient (Wildman–Crippen LogP) is 1.14. The van der Waals surface area contributed by atoms with Gasteiger partial charge in [-0.05, 0) is 24.3 Å². The Balaban J connectivity index is 1.85. The zero-order valence-electron chi connectivity index (χ0n) is 11.8. The molecule has 6 nitrogen and oxygen atoms in total. The highest BCUT2D eigenvalue weighted by molar-refractivity contribution is 7.08. The minimum atomic E-state index is -0.799. The van der Waals surface area contributed by atoms with Gasteiger partial charge in [0, 0.05) is 25.5 Å². The number of likely N-dealkylation sites (N-methyl/N-ethyl adjacent to an activating group) is 1. The number of rotatable bonds is 4. The monoisotopic (exact) mass is 310 g/mol. The lowest BCUT2D eigenvalue weighted by Gasteiger charge is -2.31. The maximum atomic E-state index is 12.1. The molecular weight excluding hydrogens is 292 g/mol. The number of carboxylic acids is 1. The van der Waals surface area contributed by atoms with E-state index in [-0.39, 0.29) is 24.3 Å². The third kappa shape index (κ3) is 3.81. The van der Waals surface area contributed by atoms with Crippen LogP contribution in [0, 0.1) is 5.92 Å². The van der Waals surface area contributed by atoms with E-state index in [0.29, 0.717) is 31.5 Å². The average molecular weight is 310 g/mol. The number of piperidine rings is 1. The highest BCUT2D eigenvalue weighted by atomic mass is 32.1. The summed E-state index contributed by atoms with van der Waals surface area (Å²) in [4.78, 5) is 38.1. The number of carbonyl (C=O) groups is 3. The van der Waals surface area contributed by atoms with Crippen molar-refractivity contribution in [3.63, 3.8) is 0 Å². The zero-order chi connectivity index (χ0) is 15.4. The van der Waals surface area contributed by atoms with Crippen LogP contribution in [0.1, 0.15) is 23.2 Å². The number of carboxylic acid groups (broad SMARTS) is 1. The highest BCUT2D eigenvalue weighted by Crippen LogP contribution is 2.17. The van der Waals surface area contributed by atoms with Gasteiger partial charge in [0.25, 0.3) is 5.91 Å². The van der Waals surface area contributed by atoms with Crippen LogP contribution < -0.4 is 0 Å². The highest BCUT2D eigenvalue weighted by Gasteiger charge is 2.28. The standard InChI is InChI=1S/C14H18N2O4S/c1-15(13(18)11-4-7-21-9-11)8-12(17)16-5-2-10(3-6-16)14(19)20/h4,7,9-10H,2-3,5-6,8H2,1H3,(H,19,20). The van der Waals surface area contributed by atoms with Gasteiger partial charge in [0.15, 0.2) is 0 Å². The van der Waals surface area contributed by atoms with Gasteiger partial charge in [0.1, 0.15) is 0 Å². The van der Waals surface area contributed by atoms with Crippen LogP contribution in [0.5, 0.6) is 0 Å². The Morgan fingerprint density at radius 1 is 1.38 bits per heavy atom. The second-order valence-electron chi connectivity index (χ2n) is 5.17. The summed E-state index contributed by atoms with van der Waals surface area (Å²) < 4.78 is 0. The third-order valence-electron chi connectivity index (χ3n) is 3.68. The number of hydrogen-bond donors (Lipinski definition) is 1.